The van der Waals surface area contributed by atoms with Gasteiger partial charge in [0, 0.05) is 5.56 Å². The minimum Gasteiger partial charge on any atom is -0.418 e. The van der Waals surface area contributed by atoms with Crippen molar-refractivity contribution in [3.63, 3.8) is 0 Å². The highest BCUT2D eigenvalue weighted by Gasteiger charge is 2.11. The summed E-state index contributed by atoms with van der Waals surface area (Å²) in [5.74, 6) is 0.0691. The predicted molar refractivity (Wildman–Crippen MR) is 67.8 cm³/mol. The molecule has 4 nitrogen and oxygen atoms in total. The Hall–Kier alpha value is -2.27. The molecule has 0 spiro atoms. The van der Waals surface area contributed by atoms with E-state index in [2.05, 4.69) is 9.97 Å². The third kappa shape index (κ3) is 2.20. The normalized spacial score (nSPS) is 12.8. The molecular formula is C14H11FN2O2. The van der Waals surface area contributed by atoms with Crippen LogP contribution in [0.2, 0.25) is 0 Å². The number of nitrogens with zero attached hydrogens (tertiary/aromatic N) is 2. The van der Waals surface area contributed by atoms with E-state index in [-0.39, 0.29) is 5.82 Å². The molecule has 3 rings (SSSR count). The third-order valence-corrected chi connectivity index (χ3v) is 2.80. The first-order valence-electron chi connectivity index (χ1n) is 5.85. The second kappa shape index (κ2) is 4.44. The Balaban J connectivity index is 2.08. The van der Waals surface area contributed by atoms with E-state index in [0.717, 1.165) is 0 Å². The van der Waals surface area contributed by atoms with Crippen LogP contribution >= 0.6 is 0 Å². The Morgan fingerprint density at radius 3 is 2.53 bits per heavy atom. The molecule has 0 aliphatic heterocycles. The molecular weight excluding hydrogens is 247 g/mol. The average Bonchev–Trinajstić information content (AvgIpc) is 2.82. The van der Waals surface area contributed by atoms with Gasteiger partial charge < -0.3 is 9.52 Å². The number of pyridine rings is 1. The molecule has 19 heavy (non-hydrogen) atoms. The minimum absolute atomic E-state index is 0.311. The smallest absolute Gasteiger partial charge is 0.247 e. The maximum Gasteiger partial charge on any atom is 0.247 e. The molecule has 1 aromatic carbocycles. The summed E-state index contributed by atoms with van der Waals surface area (Å²) in [6, 6.07) is 9.31. The molecule has 0 aliphatic carbocycles. The summed E-state index contributed by atoms with van der Waals surface area (Å²) in [4.78, 5) is 8.47. The Morgan fingerprint density at radius 2 is 1.84 bits per heavy atom. The van der Waals surface area contributed by atoms with Crippen LogP contribution in [0, 0.1) is 5.82 Å². The largest absolute Gasteiger partial charge is 0.418 e. The molecule has 2 aromatic heterocycles. The van der Waals surface area contributed by atoms with Crippen LogP contribution in [0.15, 0.2) is 40.8 Å². The summed E-state index contributed by atoms with van der Waals surface area (Å²) < 4.78 is 18.4. The number of fused-ring (bicyclic) bond motifs is 1. The van der Waals surface area contributed by atoms with Gasteiger partial charge in [-0.1, -0.05) is 0 Å². The van der Waals surface area contributed by atoms with Crippen LogP contribution in [0.1, 0.15) is 18.7 Å². The molecule has 0 radical (unpaired) electrons. The molecule has 1 N–H and O–H groups in total. The number of hydrogen-bond donors (Lipinski definition) is 1. The lowest BCUT2D eigenvalue weighted by Crippen LogP contribution is -1.94. The van der Waals surface area contributed by atoms with Gasteiger partial charge in [0.25, 0.3) is 0 Å². The summed E-state index contributed by atoms with van der Waals surface area (Å²) in [5.41, 5.74) is 2.16. The Labute approximate surface area is 108 Å². The fraction of sp³-hybridized carbons (Fsp3) is 0.143. The zero-order chi connectivity index (χ0) is 13.4. The van der Waals surface area contributed by atoms with Crippen molar-refractivity contribution in [2.45, 2.75) is 13.0 Å². The average molecular weight is 258 g/mol. The van der Waals surface area contributed by atoms with Gasteiger partial charge in [0.05, 0.1) is 11.8 Å². The van der Waals surface area contributed by atoms with Crippen LogP contribution in [0.25, 0.3) is 22.7 Å². The van der Waals surface area contributed by atoms with Crippen LogP contribution in [0.3, 0.4) is 0 Å². The van der Waals surface area contributed by atoms with Gasteiger partial charge in [-0.15, -0.1) is 0 Å². The predicted octanol–water partition coefficient (Wildman–Crippen LogP) is 3.08. The molecule has 0 saturated carbocycles. The molecule has 0 aliphatic rings. The molecule has 3 aromatic rings. The fourth-order valence-electron chi connectivity index (χ4n) is 1.78. The summed E-state index contributed by atoms with van der Waals surface area (Å²) >= 11 is 0. The van der Waals surface area contributed by atoms with Gasteiger partial charge in [0.2, 0.25) is 11.6 Å². The van der Waals surface area contributed by atoms with Crippen molar-refractivity contribution in [3.8, 4) is 11.5 Å². The van der Waals surface area contributed by atoms with Gasteiger partial charge >= 0.3 is 0 Å². The number of oxazole rings is 1. The SMILES string of the molecule is C[C@H](O)c1ccc2nc(-c3ccc(F)cc3)oc2n1. The molecule has 0 amide bonds. The Kier molecular flexibility index (Phi) is 2.76. The van der Waals surface area contributed by atoms with E-state index in [1.807, 2.05) is 0 Å². The van der Waals surface area contributed by atoms with E-state index in [1.165, 1.54) is 12.1 Å². The number of aliphatic hydroxyl groups is 1. The lowest BCUT2D eigenvalue weighted by atomic mass is 10.2. The number of aliphatic hydroxyl groups excluding tert-OH is 1. The summed E-state index contributed by atoms with van der Waals surface area (Å²) in [6.07, 6.45) is -0.663. The molecule has 5 heteroatoms. The first-order chi connectivity index (χ1) is 9.13. The van der Waals surface area contributed by atoms with Gasteiger partial charge in [-0.2, -0.15) is 0 Å². The summed E-state index contributed by atoms with van der Waals surface area (Å²) in [5, 5.41) is 9.47. The number of halogens is 1. The third-order valence-electron chi connectivity index (χ3n) is 2.80. The molecule has 96 valence electrons. The lowest BCUT2D eigenvalue weighted by Gasteiger charge is -2.00. The summed E-state index contributed by atoms with van der Waals surface area (Å²) in [7, 11) is 0. The second-order valence-electron chi connectivity index (χ2n) is 4.26. The number of hydrogen-bond acceptors (Lipinski definition) is 4. The molecule has 0 fully saturated rings. The van der Waals surface area contributed by atoms with Crippen molar-refractivity contribution in [3.05, 3.63) is 47.9 Å². The van der Waals surface area contributed by atoms with Gasteiger partial charge in [0.15, 0.2) is 0 Å². The van der Waals surface area contributed by atoms with Gasteiger partial charge in [0.1, 0.15) is 11.3 Å². The number of aromatic nitrogens is 2. The van der Waals surface area contributed by atoms with E-state index in [4.69, 9.17) is 4.42 Å². The molecule has 0 bridgehead atoms. The van der Waals surface area contributed by atoms with Crippen LogP contribution in [-0.2, 0) is 0 Å². The fourth-order valence-corrected chi connectivity index (χ4v) is 1.78. The number of rotatable bonds is 2. The van der Waals surface area contributed by atoms with Crippen molar-refractivity contribution in [2.24, 2.45) is 0 Å². The molecule has 1 atom stereocenters. The first kappa shape index (κ1) is 11.8. The van der Waals surface area contributed by atoms with Crippen LogP contribution in [0.4, 0.5) is 4.39 Å². The maximum atomic E-state index is 12.9. The quantitative estimate of drug-likeness (QED) is 0.767. The van der Waals surface area contributed by atoms with E-state index in [0.29, 0.717) is 28.4 Å². The highest BCUT2D eigenvalue weighted by molar-refractivity contribution is 5.72. The van der Waals surface area contributed by atoms with E-state index in [1.54, 1.807) is 31.2 Å². The standard InChI is InChI=1S/C14H11FN2O2/c1-8(18)11-6-7-12-14(16-11)19-13(17-12)9-2-4-10(15)5-3-9/h2-8,18H,1H3/t8-/m0/s1. The zero-order valence-corrected chi connectivity index (χ0v) is 10.2. The Bertz CT molecular complexity index is 720. The molecule has 0 unspecified atom stereocenters. The first-order valence-corrected chi connectivity index (χ1v) is 5.85. The van der Waals surface area contributed by atoms with Gasteiger partial charge in [-0.3, -0.25) is 0 Å². The Morgan fingerprint density at radius 1 is 1.11 bits per heavy atom. The highest BCUT2D eigenvalue weighted by Crippen LogP contribution is 2.24. The van der Waals surface area contributed by atoms with Gasteiger partial charge in [-0.05, 0) is 43.3 Å². The van der Waals surface area contributed by atoms with Gasteiger partial charge in [-0.25, -0.2) is 14.4 Å². The van der Waals surface area contributed by atoms with Crippen molar-refractivity contribution in [1.82, 2.24) is 9.97 Å². The van der Waals surface area contributed by atoms with Crippen molar-refractivity contribution >= 4 is 11.2 Å². The molecule has 0 saturated heterocycles. The van der Waals surface area contributed by atoms with E-state index < -0.39 is 6.10 Å². The monoisotopic (exact) mass is 258 g/mol. The highest BCUT2D eigenvalue weighted by atomic mass is 19.1. The van der Waals surface area contributed by atoms with Crippen molar-refractivity contribution in [2.75, 3.05) is 0 Å². The van der Waals surface area contributed by atoms with Crippen molar-refractivity contribution in [1.29, 1.82) is 0 Å². The number of benzene rings is 1. The van der Waals surface area contributed by atoms with Crippen LogP contribution in [-0.4, -0.2) is 15.1 Å². The van der Waals surface area contributed by atoms with Crippen molar-refractivity contribution < 1.29 is 13.9 Å². The second-order valence-corrected chi connectivity index (χ2v) is 4.26. The molecule has 2 heterocycles. The minimum atomic E-state index is -0.663. The lowest BCUT2D eigenvalue weighted by molar-refractivity contribution is 0.194. The van der Waals surface area contributed by atoms with E-state index in [9.17, 15) is 9.50 Å². The maximum absolute atomic E-state index is 12.9. The van der Waals surface area contributed by atoms with Crippen LogP contribution in [0.5, 0.6) is 0 Å². The van der Waals surface area contributed by atoms with Crippen LogP contribution < -0.4 is 0 Å². The van der Waals surface area contributed by atoms with E-state index >= 15 is 0 Å². The summed E-state index contributed by atoms with van der Waals surface area (Å²) in [6.45, 7) is 1.63. The zero-order valence-electron chi connectivity index (χ0n) is 10.2. The topological polar surface area (TPSA) is 59.2 Å².